The zero-order valence-corrected chi connectivity index (χ0v) is 16.0. The molecular formula is C18H39ClS. The zero-order valence-electron chi connectivity index (χ0n) is 14.4. The van der Waals surface area contributed by atoms with Crippen LogP contribution in [0.1, 0.15) is 97.8 Å². The van der Waals surface area contributed by atoms with Crippen LogP contribution in [0.4, 0.5) is 0 Å². The van der Waals surface area contributed by atoms with E-state index in [9.17, 15) is 0 Å². The van der Waals surface area contributed by atoms with Crippen molar-refractivity contribution in [3.05, 3.63) is 0 Å². The molecule has 2 heteroatoms. The lowest BCUT2D eigenvalue weighted by Crippen LogP contribution is -3.00. The van der Waals surface area contributed by atoms with Crippen LogP contribution in [0, 0.1) is 0 Å². The van der Waals surface area contributed by atoms with Gasteiger partial charge in [-0.1, -0.05) is 59.3 Å². The molecule has 0 saturated heterocycles. The Morgan fingerprint density at radius 2 is 0.750 bits per heavy atom. The van der Waals surface area contributed by atoms with Crippen molar-refractivity contribution >= 4 is 10.9 Å². The predicted octanol–water partition coefficient (Wildman–Crippen LogP) is 3.35. The standard InChI is InChI=1S/C18H39S.ClH/c1-4-7-10-13-16-19(17-14-11-8-5-2)18-15-12-9-6-3;/h4-18H2,1-3H3;1H/q+1;/p-1. The summed E-state index contributed by atoms with van der Waals surface area (Å²) in [4.78, 5) is 0. The maximum atomic E-state index is 2.31. The first-order valence-corrected chi connectivity index (χ1v) is 10.7. The summed E-state index contributed by atoms with van der Waals surface area (Å²) in [5.41, 5.74) is 0. The number of hydrogen-bond donors (Lipinski definition) is 0. The van der Waals surface area contributed by atoms with E-state index in [-0.39, 0.29) is 12.4 Å². The minimum Gasteiger partial charge on any atom is -1.00 e. The van der Waals surface area contributed by atoms with Crippen LogP contribution in [0.2, 0.25) is 0 Å². The highest BCUT2D eigenvalue weighted by Crippen LogP contribution is 2.12. The Labute approximate surface area is 138 Å². The van der Waals surface area contributed by atoms with Crippen LogP contribution in [0.3, 0.4) is 0 Å². The Balaban J connectivity index is 0. The number of hydrogen-bond acceptors (Lipinski definition) is 0. The summed E-state index contributed by atoms with van der Waals surface area (Å²) in [7, 11) is 0.765. The fraction of sp³-hybridized carbons (Fsp3) is 1.00. The third kappa shape index (κ3) is 16.7. The van der Waals surface area contributed by atoms with Crippen molar-refractivity contribution in [2.45, 2.75) is 97.8 Å². The minimum absolute atomic E-state index is 0. The number of rotatable bonds is 15. The maximum Gasteiger partial charge on any atom is 0.108 e. The van der Waals surface area contributed by atoms with E-state index in [1.54, 1.807) is 0 Å². The van der Waals surface area contributed by atoms with Crippen molar-refractivity contribution in [2.75, 3.05) is 17.3 Å². The molecule has 0 aromatic heterocycles. The molecule has 0 radical (unpaired) electrons. The molecule has 0 nitrogen and oxygen atoms in total. The van der Waals surface area contributed by atoms with Gasteiger partial charge in [-0.2, -0.15) is 0 Å². The van der Waals surface area contributed by atoms with Crippen molar-refractivity contribution in [3.63, 3.8) is 0 Å². The van der Waals surface area contributed by atoms with Gasteiger partial charge in [-0.3, -0.25) is 0 Å². The summed E-state index contributed by atoms with van der Waals surface area (Å²) in [5.74, 6) is 4.62. The van der Waals surface area contributed by atoms with E-state index in [1.807, 2.05) is 0 Å². The molecule has 0 aliphatic carbocycles. The summed E-state index contributed by atoms with van der Waals surface area (Å²) < 4.78 is 0. The van der Waals surface area contributed by atoms with Crippen LogP contribution in [0.5, 0.6) is 0 Å². The molecule has 0 spiro atoms. The quantitative estimate of drug-likeness (QED) is 0.320. The van der Waals surface area contributed by atoms with E-state index in [2.05, 4.69) is 20.8 Å². The Morgan fingerprint density at radius 3 is 1.00 bits per heavy atom. The van der Waals surface area contributed by atoms with Crippen molar-refractivity contribution in [1.29, 1.82) is 0 Å². The molecule has 0 heterocycles. The number of halogens is 1. The van der Waals surface area contributed by atoms with Crippen LogP contribution in [-0.2, 0) is 10.9 Å². The fourth-order valence-corrected chi connectivity index (χ4v) is 4.95. The average Bonchev–Trinajstić information content (AvgIpc) is 2.43. The molecule has 0 bridgehead atoms. The minimum atomic E-state index is 0. The van der Waals surface area contributed by atoms with E-state index in [1.165, 1.54) is 94.3 Å². The molecule has 0 saturated carbocycles. The largest absolute Gasteiger partial charge is 1.00 e. The third-order valence-corrected chi connectivity index (χ3v) is 6.46. The Hall–Kier alpha value is 0.640. The van der Waals surface area contributed by atoms with E-state index >= 15 is 0 Å². The first-order valence-electron chi connectivity index (χ1n) is 8.99. The van der Waals surface area contributed by atoms with Gasteiger partial charge in [0.05, 0.1) is 0 Å². The van der Waals surface area contributed by atoms with Crippen LogP contribution in [-0.4, -0.2) is 17.3 Å². The molecule has 0 N–H and O–H groups in total. The molecule has 0 rings (SSSR count). The predicted molar refractivity (Wildman–Crippen MR) is 94.4 cm³/mol. The summed E-state index contributed by atoms with van der Waals surface area (Å²) in [5, 5.41) is 0. The van der Waals surface area contributed by atoms with Crippen LogP contribution in [0.15, 0.2) is 0 Å². The van der Waals surface area contributed by atoms with E-state index in [0.29, 0.717) is 0 Å². The van der Waals surface area contributed by atoms with Gasteiger partial charge in [-0.25, -0.2) is 0 Å². The normalized spacial score (nSPS) is 10.8. The van der Waals surface area contributed by atoms with Gasteiger partial charge in [-0.15, -0.1) is 0 Å². The van der Waals surface area contributed by atoms with Gasteiger partial charge >= 0.3 is 0 Å². The fourth-order valence-electron chi connectivity index (χ4n) is 2.51. The Morgan fingerprint density at radius 1 is 0.450 bits per heavy atom. The Bertz CT molecular complexity index is 133. The summed E-state index contributed by atoms with van der Waals surface area (Å²) in [6.45, 7) is 6.94. The molecule has 0 fully saturated rings. The smallest absolute Gasteiger partial charge is 0.108 e. The maximum absolute atomic E-state index is 2.31. The van der Waals surface area contributed by atoms with Gasteiger partial charge in [0.2, 0.25) is 0 Å². The van der Waals surface area contributed by atoms with Gasteiger partial charge in [0.15, 0.2) is 0 Å². The molecule has 0 aliphatic rings. The van der Waals surface area contributed by atoms with E-state index in [0.717, 1.165) is 10.9 Å². The van der Waals surface area contributed by atoms with Crippen molar-refractivity contribution < 1.29 is 12.4 Å². The monoisotopic (exact) mass is 322 g/mol. The van der Waals surface area contributed by atoms with Crippen LogP contribution >= 0.6 is 0 Å². The summed E-state index contributed by atoms with van der Waals surface area (Å²) in [6, 6.07) is 0. The molecular weight excluding hydrogens is 284 g/mol. The topological polar surface area (TPSA) is 0 Å². The second-order valence-corrected chi connectivity index (χ2v) is 8.36. The summed E-state index contributed by atoms with van der Waals surface area (Å²) in [6.07, 6.45) is 17.4. The molecule has 0 atom stereocenters. The highest BCUT2D eigenvalue weighted by atomic mass is 35.5. The third-order valence-electron chi connectivity index (χ3n) is 3.86. The van der Waals surface area contributed by atoms with Gasteiger partial charge in [-0.05, 0) is 49.4 Å². The molecule has 0 unspecified atom stereocenters. The number of unbranched alkanes of at least 4 members (excludes halogenated alkanes) is 9. The molecule has 124 valence electrons. The van der Waals surface area contributed by atoms with Gasteiger partial charge in [0.1, 0.15) is 17.3 Å². The van der Waals surface area contributed by atoms with Gasteiger partial charge in [0, 0.05) is 0 Å². The summed E-state index contributed by atoms with van der Waals surface area (Å²) >= 11 is 0. The zero-order chi connectivity index (χ0) is 14.2. The van der Waals surface area contributed by atoms with Gasteiger partial charge < -0.3 is 12.4 Å². The van der Waals surface area contributed by atoms with Crippen LogP contribution < -0.4 is 12.4 Å². The van der Waals surface area contributed by atoms with E-state index in [4.69, 9.17) is 0 Å². The lowest BCUT2D eigenvalue weighted by Gasteiger charge is -2.09. The van der Waals surface area contributed by atoms with E-state index < -0.39 is 0 Å². The highest BCUT2D eigenvalue weighted by Gasteiger charge is 2.16. The van der Waals surface area contributed by atoms with Gasteiger partial charge in [0.25, 0.3) is 0 Å². The average molecular weight is 323 g/mol. The molecule has 0 aliphatic heterocycles. The lowest BCUT2D eigenvalue weighted by atomic mass is 10.2. The Kier molecular flexibility index (Phi) is 22.5. The lowest BCUT2D eigenvalue weighted by molar-refractivity contribution is -0.00000435. The second kappa shape index (κ2) is 19.6. The molecule has 0 aromatic rings. The van der Waals surface area contributed by atoms with Crippen molar-refractivity contribution in [2.24, 2.45) is 0 Å². The van der Waals surface area contributed by atoms with Crippen molar-refractivity contribution in [3.8, 4) is 0 Å². The molecule has 20 heavy (non-hydrogen) atoms. The molecule has 0 aromatic carbocycles. The second-order valence-electron chi connectivity index (χ2n) is 5.91. The first-order chi connectivity index (χ1) is 9.35. The van der Waals surface area contributed by atoms with Crippen molar-refractivity contribution in [1.82, 2.24) is 0 Å². The molecule has 0 amide bonds. The van der Waals surface area contributed by atoms with Crippen LogP contribution in [0.25, 0.3) is 0 Å². The SMILES string of the molecule is CCCCCC[S+](CCCCCC)CCCCCC.[Cl-]. The highest BCUT2D eigenvalue weighted by molar-refractivity contribution is 7.96. The first kappa shape index (κ1) is 22.9.